The lowest BCUT2D eigenvalue weighted by atomic mass is 9.87. The summed E-state index contributed by atoms with van der Waals surface area (Å²) in [6.45, 7) is 4.12. The molecule has 1 saturated carbocycles. The molecule has 2 heteroatoms. The third-order valence-electron chi connectivity index (χ3n) is 4.67. The Morgan fingerprint density at radius 3 is 2.48 bits per heavy atom. The van der Waals surface area contributed by atoms with Gasteiger partial charge in [-0.05, 0) is 61.3 Å². The lowest BCUT2D eigenvalue weighted by Gasteiger charge is -2.17. The number of benzene rings is 1. The van der Waals surface area contributed by atoms with Crippen molar-refractivity contribution in [3.8, 4) is 0 Å². The van der Waals surface area contributed by atoms with Gasteiger partial charge in [0.25, 0.3) is 0 Å². The fraction of sp³-hybridized carbons (Fsp3) is 0.368. The van der Waals surface area contributed by atoms with E-state index in [0.29, 0.717) is 12.1 Å². The maximum Gasteiger partial charge on any atom is 0.181 e. The number of carbonyl (C=O) groups is 1. The Morgan fingerprint density at radius 1 is 1.10 bits per heavy atom. The molecule has 3 rings (SSSR count). The van der Waals surface area contributed by atoms with Crippen molar-refractivity contribution in [1.82, 2.24) is 4.98 Å². The molecule has 0 atom stereocenters. The van der Waals surface area contributed by atoms with E-state index < -0.39 is 0 Å². The Hall–Kier alpha value is -1.96. The second-order valence-corrected chi connectivity index (χ2v) is 6.19. The van der Waals surface area contributed by atoms with Crippen LogP contribution in [-0.2, 0) is 5.41 Å². The molecular formula is C19H21NO. The molecular weight excluding hydrogens is 258 g/mol. The van der Waals surface area contributed by atoms with Crippen molar-refractivity contribution in [2.24, 2.45) is 0 Å². The molecule has 1 heterocycles. The van der Waals surface area contributed by atoms with E-state index in [9.17, 15) is 4.79 Å². The average Bonchev–Trinajstić information content (AvgIpc) is 3.27. The molecule has 2 nitrogen and oxygen atoms in total. The molecule has 1 fully saturated rings. The van der Waals surface area contributed by atoms with Crippen molar-refractivity contribution in [1.29, 1.82) is 0 Å². The Kier molecular flexibility index (Phi) is 3.62. The predicted octanol–water partition coefficient (Wildman–Crippen LogP) is 4.39. The van der Waals surface area contributed by atoms with Crippen molar-refractivity contribution < 1.29 is 4.79 Å². The van der Waals surface area contributed by atoms with Crippen LogP contribution in [0.4, 0.5) is 0 Å². The van der Waals surface area contributed by atoms with Gasteiger partial charge in [-0.2, -0.15) is 0 Å². The third kappa shape index (κ3) is 2.76. The van der Waals surface area contributed by atoms with E-state index in [0.717, 1.165) is 12.0 Å². The van der Waals surface area contributed by atoms with Crippen molar-refractivity contribution in [3.05, 3.63) is 65.0 Å². The smallest absolute Gasteiger partial charge is 0.181 e. The summed E-state index contributed by atoms with van der Waals surface area (Å²) < 4.78 is 0. The van der Waals surface area contributed by atoms with Crippen LogP contribution >= 0.6 is 0 Å². The number of Topliss-reactive ketones (excluding diaryl/α,β-unsaturated/α-hetero) is 1. The summed E-state index contributed by atoms with van der Waals surface area (Å²) in [6, 6.07) is 12.4. The minimum atomic E-state index is 0.174. The van der Waals surface area contributed by atoms with E-state index in [4.69, 9.17) is 0 Å². The Balaban J connectivity index is 1.72. The number of aryl methyl sites for hydroxylation is 2. The number of pyridine rings is 1. The van der Waals surface area contributed by atoms with Crippen LogP contribution in [0.15, 0.2) is 42.6 Å². The number of hydrogen-bond donors (Lipinski definition) is 0. The second-order valence-electron chi connectivity index (χ2n) is 6.19. The zero-order valence-electron chi connectivity index (χ0n) is 12.7. The molecule has 1 aliphatic carbocycles. The maximum atomic E-state index is 12.4. The molecule has 0 N–H and O–H groups in total. The topological polar surface area (TPSA) is 30.0 Å². The van der Waals surface area contributed by atoms with Gasteiger partial charge >= 0.3 is 0 Å². The number of rotatable bonds is 5. The molecule has 1 aromatic carbocycles. The summed E-state index contributed by atoms with van der Waals surface area (Å²) >= 11 is 0. The van der Waals surface area contributed by atoms with Crippen LogP contribution in [0.1, 0.15) is 52.9 Å². The standard InChI is InChI=1S/C19H21NO/c1-14-6-3-4-8-16(14)19(11-12-19)10-9-17(21)18-15(2)7-5-13-20-18/h3-8,13H,9-12H2,1-2H3. The van der Waals surface area contributed by atoms with Gasteiger partial charge < -0.3 is 0 Å². The van der Waals surface area contributed by atoms with Crippen LogP contribution in [-0.4, -0.2) is 10.8 Å². The molecule has 0 bridgehead atoms. The lowest BCUT2D eigenvalue weighted by Crippen LogP contribution is -2.13. The van der Waals surface area contributed by atoms with Crippen LogP contribution in [0.2, 0.25) is 0 Å². The summed E-state index contributed by atoms with van der Waals surface area (Å²) in [4.78, 5) is 16.6. The summed E-state index contributed by atoms with van der Waals surface area (Å²) in [5, 5.41) is 0. The number of nitrogens with zero attached hydrogens (tertiary/aromatic N) is 1. The van der Waals surface area contributed by atoms with Gasteiger partial charge in [0.05, 0.1) is 0 Å². The average molecular weight is 279 g/mol. The molecule has 0 saturated heterocycles. The normalized spacial score (nSPS) is 15.7. The van der Waals surface area contributed by atoms with Gasteiger partial charge in [-0.1, -0.05) is 30.3 Å². The highest BCUT2D eigenvalue weighted by atomic mass is 16.1. The van der Waals surface area contributed by atoms with Crippen LogP contribution in [0, 0.1) is 13.8 Å². The van der Waals surface area contributed by atoms with Crippen LogP contribution in [0.25, 0.3) is 0 Å². The van der Waals surface area contributed by atoms with Gasteiger partial charge in [0.15, 0.2) is 5.78 Å². The Labute approximate surface area is 126 Å². The van der Waals surface area contributed by atoms with Gasteiger partial charge in [0.1, 0.15) is 5.69 Å². The summed E-state index contributed by atoms with van der Waals surface area (Å²) in [5.74, 6) is 0.174. The zero-order valence-corrected chi connectivity index (χ0v) is 12.7. The highest BCUT2D eigenvalue weighted by Gasteiger charge is 2.44. The number of aromatic nitrogens is 1. The minimum absolute atomic E-state index is 0.174. The second kappa shape index (κ2) is 5.44. The maximum absolute atomic E-state index is 12.4. The molecule has 21 heavy (non-hydrogen) atoms. The molecule has 0 unspecified atom stereocenters. The number of ketones is 1. The van der Waals surface area contributed by atoms with E-state index in [1.165, 1.54) is 24.0 Å². The Bertz CT molecular complexity index is 671. The number of hydrogen-bond acceptors (Lipinski definition) is 2. The van der Waals surface area contributed by atoms with Gasteiger partial charge in [0.2, 0.25) is 0 Å². The fourth-order valence-corrected chi connectivity index (χ4v) is 3.22. The van der Waals surface area contributed by atoms with Gasteiger partial charge in [-0.3, -0.25) is 9.78 Å². The molecule has 0 aliphatic heterocycles. The lowest BCUT2D eigenvalue weighted by molar-refractivity contribution is 0.0970. The summed E-state index contributed by atoms with van der Waals surface area (Å²) in [7, 11) is 0. The van der Waals surface area contributed by atoms with Gasteiger partial charge in [0, 0.05) is 12.6 Å². The zero-order chi connectivity index (χ0) is 14.9. The predicted molar refractivity (Wildman–Crippen MR) is 84.6 cm³/mol. The van der Waals surface area contributed by atoms with E-state index >= 15 is 0 Å². The quantitative estimate of drug-likeness (QED) is 0.760. The van der Waals surface area contributed by atoms with Crippen molar-refractivity contribution in [2.45, 2.75) is 44.9 Å². The van der Waals surface area contributed by atoms with E-state index in [-0.39, 0.29) is 11.2 Å². The largest absolute Gasteiger partial charge is 0.292 e. The first kappa shape index (κ1) is 14.0. The van der Waals surface area contributed by atoms with Crippen LogP contribution in [0.5, 0.6) is 0 Å². The first-order chi connectivity index (χ1) is 10.1. The van der Waals surface area contributed by atoms with Crippen LogP contribution in [0.3, 0.4) is 0 Å². The van der Waals surface area contributed by atoms with Gasteiger partial charge in [-0.25, -0.2) is 0 Å². The fourth-order valence-electron chi connectivity index (χ4n) is 3.22. The molecule has 2 aromatic rings. The van der Waals surface area contributed by atoms with Crippen LogP contribution < -0.4 is 0 Å². The molecule has 0 amide bonds. The number of carbonyl (C=O) groups excluding carboxylic acids is 1. The molecule has 108 valence electrons. The van der Waals surface area contributed by atoms with Crippen molar-refractivity contribution in [2.75, 3.05) is 0 Å². The van der Waals surface area contributed by atoms with Gasteiger partial charge in [-0.15, -0.1) is 0 Å². The van der Waals surface area contributed by atoms with E-state index in [2.05, 4.69) is 36.2 Å². The summed E-state index contributed by atoms with van der Waals surface area (Å²) in [5.41, 5.74) is 4.62. The van der Waals surface area contributed by atoms with Crippen molar-refractivity contribution in [3.63, 3.8) is 0 Å². The minimum Gasteiger partial charge on any atom is -0.292 e. The first-order valence-electron chi connectivity index (χ1n) is 7.63. The monoisotopic (exact) mass is 279 g/mol. The third-order valence-corrected chi connectivity index (χ3v) is 4.67. The van der Waals surface area contributed by atoms with E-state index in [1.807, 2.05) is 19.1 Å². The molecule has 0 radical (unpaired) electrons. The summed E-state index contributed by atoms with van der Waals surface area (Å²) in [6.07, 6.45) is 5.63. The first-order valence-corrected chi connectivity index (χ1v) is 7.63. The highest BCUT2D eigenvalue weighted by Crippen LogP contribution is 2.52. The highest BCUT2D eigenvalue weighted by molar-refractivity contribution is 5.95. The molecule has 1 aliphatic rings. The van der Waals surface area contributed by atoms with Crippen molar-refractivity contribution >= 4 is 5.78 Å². The molecule has 0 spiro atoms. The molecule has 1 aromatic heterocycles. The Morgan fingerprint density at radius 2 is 1.81 bits per heavy atom. The van der Waals surface area contributed by atoms with E-state index in [1.54, 1.807) is 6.20 Å². The SMILES string of the molecule is Cc1ccccc1C1(CCC(=O)c2ncccc2C)CC1.